The lowest BCUT2D eigenvalue weighted by Gasteiger charge is -2.24. The average Bonchev–Trinajstić information content (AvgIpc) is 3.28. The molecule has 1 saturated carbocycles. The van der Waals surface area contributed by atoms with E-state index in [0.29, 0.717) is 15.8 Å². The van der Waals surface area contributed by atoms with Gasteiger partial charge in [-0.05, 0) is 68.9 Å². The van der Waals surface area contributed by atoms with Gasteiger partial charge in [-0.15, -0.1) is 0 Å². The second-order valence-corrected chi connectivity index (χ2v) is 10.2. The van der Waals surface area contributed by atoms with Crippen LogP contribution < -0.4 is 15.8 Å². The molecule has 2 aliphatic rings. The zero-order chi connectivity index (χ0) is 25.9. The van der Waals surface area contributed by atoms with E-state index >= 15 is 0 Å². The van der Waals surface area contributed by atoms with Crippen LogP contribution in [0.3, 0.4) is 0 Å². The molecule has 0 radical (unpaired) electrons. The summed E-state index contributed by atoms with van der Waals surface area (Å²) >= 11 is 0. The molecule has 8 nitrogen and oxygen atoms in total. The molecule has 190 valence electrons. The molecule has 3 heterocycles. The predicted molar refractivity (Wildman–Crippen MR) is 136 cm³/mol. The summed E-state index contributed by atoms with van der Waals surface area (Å²) in [6.45, 7) is 5.92. The zero-order valence-corrected chi connectivity index (χ0v) is 20.5. The number of para-hydroxylation sites is 1. The number of carbonyl (C=O) groups excluding carboxylic acids is 1. The van der Waals surface area contributed by atoms with Gasteiger partial charge in [0.2, 0.25) is 0 Å². The Labute approximate surface area is 211 Å². The molecule has 0 atom stereocenters. The van der Waals surface area contributed by atoms with E-state index in [-0.39, 0.29) is 11.7 Å². The van der Waals surface area contributed by atoms with Gasteiger partial charge in [0.05, 0.1) is 23.1 Å². The first-order chi connectivity index (χ1) is 17.8. The number of hydrogen-bond acceptors (Lipinski definition) is 5. The third-order valence-electron chi connectivity index (χ3n) is 7.38. The molecular weight excluding hydrogens is 478 g/mol. The van der Waals surface area contributed by atoms with Crippen molar-refractivity contribution in [2.45, 2.75) is 39.2 Å². The second kappa shape index (κ2) is 8.50. The zero-order valence-electron chi connectivity index (χ0n) is 20.5. The van der Waals surface area contributed by atoms with E-state index in [1.807, 2.05) is 23.0 Å². The molecule has 2 aromatic carbocycles. The van der Waals surface area contributed by atoms with Crippen molar-refractivity contribution in [2.24, 2.45) is 5.41 Å². The van der Waals surface area contributed by atoms with Gasteiger partial charge in [-0.25, -0.2) is 8.78 Å². The fraction of sp³-hybridized carbons (Fsp3) is 0.333. The number of fused-ring (bicyclic) bond motifs is 1. The summed E-state index contributed by atoms with van der Waals surface area (Å²) in [7, 11) is 0. The van der Waals surface area contributed by atoms with Gasteiger partial charge in [-0.1, -0.05) is 6.07 Å². The van der Waals surface area contributed by atoms with Gasteiger partial charge in [-0.2, -0.15) is 14.9 Å². The molecule has 1 spiro atoms. The van der Waals surface area contributed by atoms with Crippen LogP contribution in [0.25, 0.3) is 16.6 Å². The fourth-order valence-corrected chi connectivity index (χ4v) is 5.24. The first kappa shape index (κ1) is 23.3. The van der Waals surface area contributed by atoms with Crippen molar-refractivity contribution < 1.29 is 13.6 Å². The standard InChI is InChI=1S/C27H26F2N6O2/c1-16(2)34-22-8-6-20(24(17(22)14-30-34)33-13-12-27(15-33)10-11-27)31-26(37)21-7-9-23(36)35(32-21)25-18(28)4-3-5-19(25)29/h3-9,14,16H,10-13,15H2,1-2H3,(H,31,37). The van der Waals surface area contributed by atoms with Crippen LogP contribution in [0.1, 0.15) is 49.6 Å². The number of nitrogens with zero attached hydrogens (tertiary/aromatic N) is 5. The number of anilines is 2. The summed E-state index contributed by atoms with van der Waals surface area (Å²) in [5, 5.41) is 12.4. The normalized spacial score (nSPS) is 16.2. The van der Waals surface area contributed by atoms with E-state index in [9.17, 15) is 18.4 Å². The molecule has 6 rings (SSSR count). The first-order valence-corrected chi connectivity index (χ1v) is 12.4. The SMILES string of the molecule is CC(C)n1ncc2c(N3CCC4(CC4)C3)c(NC(=O)c3ccc(=O)n(-c4c(F)cccc4F)n3)ccc21. The maximum atomic E-state index is 14.3. The van der Waals surface area contributed by atoms with E-state index < -0.39 is 28.8 Å². The maximum absolute atomic E-state index is 14.3. The van der Waals surface area contributed by atoms with Crippen LogP contribution in [0, 0.1) is 17.0 Å². The average molecular weight is 505 g/mol. The summed E-state index contributed by atoms with van der Waals surface area (Å²) in [5.74, 6) is -2.50. The lowest BCUT2D eigenvalue weighted by atomic mass is 10.1. The molecule has 1 saturated heterocycles. The summed E-state index contributed by atoms with van der Waals surface area (Å²) in [4.78, 5) is 28.0. The van der Waals surface area contributed by atoms with Crippen LogP contribution in [0.15, 0.2) is 53.5 Å². The van der Waals surface area contributed by atoms with E-state index in [1.54, 1.807) is 0 Å². The minimum atomic E-state index is -0.954. The number of benzene rings is 2. The quantitative estimate of drug-likeness (QED) is 0.427. The summed E-state index contributed by atoms with van der Waals surface area (Å²) in [5.41, 5.74) is 1.30. The second-order valence-electron chi connectivity index (χ2n) is 10.2. The van der Waals surface area contributed by atoms with Crippen molar-refractivity contribution in [3.8, 4) is 5.69 Å². The highest BCUT2D eigenvalue weighted by Crippen LogP contribution is 2.54. The topological polar surface area (TPSA) is 85.0 Å². The number of amides is 1. The van der Waals surface area contributed by atoms with Gasteiger partial charge >= 0.3 is 0 Å². The minimum absolute atomic E-state index is 0.147. The van der Waals surface area contributed by atoms with Crippen LogP contribution in [0.4, 0.5) is 20.2 Å². The minimum Gasteiger partial charge on any atom is -0.369 e. The van der Waals surface area contributed by atoms with Gasteiger partial charge in [0.1, 0.15) is 11.4 Å². The Kier molecular flexibility index (Phi) is 5.36. The Morgan fingerprint density at radius 2 is 1.78 bits per heavy atom. The van der Waals surface area contributed by atoms with Crippen molar-refractivity contribution in [2.75, 3.05) is 23.3 Å². The van der Waals surface area contributed by atoms with Crippen LogP contribution in [-0.2, 0) is 0 Å². The number of halogens is 2. The molecule has 1 amide bonds. The van der Waals surface area contributed by atoms with Gasteiger partial charge in [0, 0.05) is 30.6 Å². The lowest BCUT2D eigenvalue weighted by Crippen LogP contribution is -2.27. The van der Waals surface area contributed by atoms with Crippen molar-refractivity contribution in [1.29, 1.82) is 0 Å². The Morgan fingerprint density at radius 1 is 1.03 bits per heavy atom. The smallest absolute Gasteiger partial charge is 0.276 e. The fourth-order valence-electron chi connectivity index (χ4n) is 5.24. The molecule has 1 N–H and O–H groups in total. The molecule has 0 unspecified atom stereocenters. The molecule has 10 heteroatoms. The Balaban J connectivity index is 1.40. The van der Waals surface area contributed by atoms with E-state index in [4.69, 9.17) is 0 Å². The third kappa shape index (κ3) is 3.96. The largest absolute Gasteiger partial charge is 0.369 e. The molecule has 2 fully saturated rings. The van der Waals surface area contributed by atoms with Crippen LogP contribution in [-0.4, -0.2) is 38.6 Å². The van der Waals surface area contributed by atoms with Gasteiger partial charge in [-0.3, -0.25) is 14.3 Å². The Bertz CT molecular complexity index is 1580. The summed E-state index contributed by atoms with van der Waals surface area (Å²) < 4.78 is 31.2. The number of hydrogen-bond donors (Lipinski definition) is 1. The molecule has 37 heavy (non-hydrogen) atoms. The van der Waals surface area contributed by atoms with Crippen molar-refractivity contribution in [1.82, 2.24) is 19.6 Å². The number of nitrogens with one attached hydrogen (secondary N) is 1. The van der Waals surface area contributed by atoms with E-state index in [1.165, 1.54) is 25.0 Å². The highest BCUT2D eigenvalue weighted by molar-refractivity contribution is 6.09. The molecule has 1 aliphatic heterocycles. The monoisotopic (exact) mass is 504 g/mol. The van der Waals surface area contributed by atoms with Crippen LogP contribution in [0.5, 0.6) is 0 Å². The lowest BCUT2D eigenvalue weighted by molar-refractivity contribution is 0.102. The van der Waals surface area contributed by atoms with Crippen molar-refractivity contribution in [3.05, 3.63) is 76.3 Å². The molecule has 4 aromatic rings. The third-order valence-corrected chi connectivity index (χ3v) is 7.38. The molecule has 1 aliphatic carbocycles. The maximum Gasteiger partial charge on any atom is 0.276 e. The van der Waals surface area contributed by atoms with Gasteiger partial charge < -0.3 is 10.2 Å². The first-order valence-electron chi connectivity index (χ1n) is 12.4. The number of aromatic nitrogens is 4. The van der Waals surface area contributed by atoms with E-state index in [0.717, 1.165) is 54.3 Å². The number of carbonyl (C=O) groups is 1. The Morgan fingerprint density at radius 3 is 2.46 bits per heavy atom. The summed E-state index contributed by atoms with van der Waals surface area (Å²) in [6.07, 6.45) is 5.36. The highest BCUT2D eigenvalue weighted by atomic mass is 19.1. The summed E-state index contributed by atoms with van der Waals surface area (Å²) in [6, 6.07) is 9.51. The van der Waals surface area contributed by atoms with Gasteiger partial charge in [0.25, 0.3) is 11.5 Å². The molecule has 0 bridgehead atoms. The van der Waals surface area contributed by atoms with Crippen LogP contribution in [0.2, 0.25) is 0 Å². The molecule has 2 aromatic heterocycles. The highest BCUT2D eigenvalue weighted by Gasteiger charge is 2.48. The van der Waals surface area contributed by atoms with Crippen molar-refractivity contribution in [3.63, 3.8) is 0 Å². The van der Waals surface area contributed by atoms with Crippen LogP contribution >= 0.6 is 0 Å². The van der Waals surface area contributed by atoms with Crippen molar-refractivity contribution >= 4 is 28.2 Å². The number of rotatable bonds is 5. The predicted octanol–water partition coefficient (Wildman–Crippen LogP) is 4.68. The van der Waals surface area contributed by atoms with E-state index in [2.05, 4.69) is 34.3 Å². The molecular formula is C27H26F2N6O2. The Hall–Kier alpha value is -4.08. The van der Waals surface area contributed by atoms with Gasteiger partial charge in [0.15, 0.2) is 11.6 Å².